The molecule has 0 atom stereocenters. The van der Waals surface area contributed by atoms with E-state index < -0.39 is 11.7 Å². The number of para-hydroxylation sites is 1. The maximum Gasteiger partial charge on any atom is 0.322 e. The highest BCUT2D eigenvalue weighted by molar-refractivity contribution is 7.15. The molecule has 1 N–H and O–H groups in total. The molecular formula is C15H13FN4O3S. The van der Waals surface area contributed by atoms with Gasteiger partial charge in [-0.2, -0.15) is 0 Å². The van der Waals surface area contributed by atoms with Crippen LogP contribution in [0, 0.1) is 19.7 Å². The number of carbonyl (C=O) groups excluding carboxylic acids is 1. The number of hydrogen-bond donors (Lipinski definition) is 1. The van der Waals surface area contributed by atoms with Gasteiger partial charge in [-0.1, -0.05) is 17.2 Å². The van der Waals surface area contributed by atoms with Crippen LogP contribution in [0.5, 0.6) is 5.75 Å². The summed E-state index contributed by atoms with van der Waals surface area (Å²) in [5, 5.41) is 10.9. The number of ether oxygens (including phenoxy) is 1. The maximum absolute atomic E-state index is 13.4. The van der Waals surface area contributed by atoms with Crippen molar-refractivity contribution < 1.29 is 18.3 Å². The molecule has 2 heterocycles. The summed E-state index contributed by atoms with van der Waals surface area (Å²) in [6, 6.07) is 5.77. The van der Waals surface area contributed by atoms with Crippen LogP contribution in [0.1, 0.15) is 10.7 Å². The second kappa shape index (κ2) is 6.75. The smallest absolute Gasteiger partial charge is 0.322 e. The SMILES string of the molecule is Cc1nc(C)c(-c2nnc(NC(=O)COc3ccccc3F)o2)s1. The Morgan fingerprint density at radius 2 is 2.12 bits per heavy atom. The molecule has 0 radical (unpaired) electrons. The van der Waals surface area contributed by atoms with Crippen molar-refractivity contribution in [2.45, 2.75) is 13.8 Å². The molecule has 1 amide bonds. The fraction of sp³-hybridized carbons (Fsp3) is 0.200. The van der Waals surface area contributed by atoms with Gasteiger partial charge in [0.1, 0.15) is 4.88 Å². The van der Waals surface area contributed by atoms with E-state index in [1.807, 2.05) is 13.8 Å². The molecule has 0 bridgehead atoms. The molecule has 3 rings (SSSR count). The quantitative estimate of drug-likeness (QED) is 0.762. The minimum atomic E-state index is -0.540. The topological polar surface area (TPSA) is 90.1 Å². The predicted molar refractivity (Wildman–Crippen MR) is 85.4 cm³/mol. The van der Waals surface area contributed by atoms with Crippen molar-refractivity contribution in [3.05, 3.63) is 40.8 Å². The number of nitrogens with one attached hydrogen (secondary N) is 1. The van der Waals surface area contributed by atoms with Gasteiger partial charge in [-0.05, 0) is 26.0 Å². The Kier molecular flexibility index (Phi) is 4.52. The van der Waals surface area contributed by atoms with Gasteiger partial charge >= 0.3 is 6.01 Å². The molecule has 7 nitrogen and oxygen atoms in total. The van der Waals surface area contributed by atoms with E-state index in [0.717, 1.165) is 15.6 Å². The van der Waals surface area contributed by atoms with Gasteiger partial charge in [-0.25, -0.2) is 9.37 Å². The number of hydrogen-bond acceptors (Lipinski definition) is 7. The summed E-state index contributed by atoms with van der Waals surface area (Å²) in [4.78, 5) is 16.8. The molecule has 2 aromatic heterocycles. The van der Waals surface area contributed by atoms with Gasteiger partial charge in [0, 0.05) is 0 Å². The summed E-state index contributed by atoms with van der Waals surface area (Å²) in [5.74, 6) is -0.801. The third-order valence-electron chi connectivity index (χ3n) is 2.96. The fourth-order valence-electron chi connectivity index (χ4n) is 1.96. The van der Waals surface area contributed by atoms with E-state index in [4.69, 9.17) is 9.15 Å². The van der Waals surface area contributed by atoms with Crippen molar-refractivity contribution in [1.29, 1.82) is 0 Å². The van der Waals surface area contributed by atoms with Gasteiger partial charge in [0.2, 0.25) is 0 Å². The summed E-state index contributed by atoms with van der Waals surface area (Å²) >= 11 is 1.42. The summed E-state index contributed by atoms with van der Waals surface area (Å²) in [7, 11) is 0. The molecule has 124 valence electrons. The highest BCUT2D eigenvalue weighted by Gasteiger charge is 2.16. The van der Waals surface area contributed by atoms with E-state index in [-0.39, 0.29) is 24.3 Å². The second-order valence-corrected chi connectivity index (χ2v) is 6.03. The van der Waals surface area contributed by atoms with Crippen molar-refractivity contribution in [3.63, 3.8) is 0 Å². The van der Waals surface area contributed by atoms with Crippen molar-refractivity contribution in [2.24, 2.45) is 0 Å². The molecule has 24 heavy (non-hydrogen) atoms. The molecule has 1 aromatic carbocycles. The zero-order valence-corrected chi connectivity index (χ0v) is 13.7. The van der Waals surface area contributed by atoms with Gasteiger partial charge in [0.15, 0.2) is 18.2 Å². The van der Waals surface area contributed by atoms with Crippen LogP contribution in [0.3, 0.4) is 0 Å². The maximum atomic E-state index is 13.4. The predicted octanol–water partition coefficient (Wildman–Crippen LogP) is 2.97. The first-order valence-corrected chi connectivity index (χ1v) is 7.79. The van der Waals surface area contributed by atoms with E-state index in [0.29, 0.717) is 0 Å². The number of aryl methyl sites for hydroxylation is 2. The van der Waals surface area contributed by atoms with E-state index >= 15 is 0 Å². The minimum absolute atomic E-state index is 0.00497. The number of carbonyl (C=O) groups is 1. The van der Waals surface area contributed by atoms with Crippen LogP contribution in [-0.2, 0) is 4.79 Å². The lowest BCUT2D eigenvalue weighted by atomic mass is 10.3. The lowest BCUT2D eigenvalue weighted by Gasteiger charge is -2.05. The van der Waals surface area contributed by atoms with Crippen LogP contribution in [0.25, 0.3) is 10.8 Å². The minimum Gasteiger partial charge on any atom is -0.481 e. The standard InChI is InChI=1S/C15H13FN4O3S/c1-8-13(24-9(2)17-8)14-19-20-15(23-14)18-12(21)7-22-11-6-4-3-5-10(11)16/h3-6H,7H2,1-2H3,(H,18,20,21). The number of halogens is 1. The molecule has 0 unspecified atom stereocenters. The highest BCUT2D eigenvalue weighted by atomic mass is 32.1. The van der Waals surface area contributed by atoms with Crippen LogP contribution in [-0.4, -0.2) is 27.7 Å². The Balaban J connectivity index is 1.61. The van der Waals surface area contributed by atoms with E-state index in [1.54, 1.807) is 6.07 Å². The van der Waals surface area contributed by atoms with Crippen molar-refractivity contribution in [2.75, 3.05) is 11.9 Å². The Bertz CT molecular complexity index is 877. The van der Waals surface area contributed by atoms with Crippen molar-refractivity contribution in [3.8, 4) is 16.5 Å². The normalized spacial score (nSPS) is 10.6. The van der Waals surface area contributed by atoms with E-state index in [2.05, 4.69) is 20.5 Å². The first-order valence-electron chi connectivity index (χ1n) is 6.98. The molecule has 0 saturated carbocycles. The van der Waals surface area contributed by atoms with Crippen molar-refractivity contribution >= 4 is 23.3 Å². The molecule has 9 heteroatoms. The zero-order chi connectivity index (χ0) is 17.1. The van der Waals surface area contributed by atoms with Crippen LogP contribution >= 0.6 is 11.3 Å². The molecule has 0 saturated heterocycles. The average Bonchev–Trinajstić information content (AvgIpc) is 3.12. The number of aromatic nitrogens is 3. The Hall–Kier alpha value is -2.81. The molecule has 0 aliphatic rings. The van der Waals surface area contributed by atoms with Crippen LogP contribution in [0.2, 0.25) is 0 Å². The van der Waals surface area contributed by atoms with Crippen LogP contribution in [0.15, 0.2) is 28.7 Å². The Morgan fingerprint density at radius 3 is 2.83 bits per heavy atom. The third kappa shape index (κ3) is 3.57. The van der Waals surface area contributed by atoms with Crippen molar-refractivity contribution in [1.82, 2.24) is 15.2 Å². The number of benzene rings is 1. The fourth-order valence-corrected chi connectivity index (χ4v) is 2.80. The molecule has 0 aliphatic carbocycles. The lowest BCUT2D eigenvalue weighted by molar-refractivity contribution is -0.118. The lowest BCUT2D eigenvalue weighted by Crippen LogP contribution is -2.20. The first-order chi connectivity index (χ1) is 11.5. The average molecular weight is 348 g/mol. The molecule has 0 aliphatic heterocycles. The van der Waals surface area contributed by atoms with E-state index in [1.165, 1.54) is 29.5 Å². The summed E-state index contributed by atoms with van der Waals surface area (Å²) < 4.78 is 23.9. The van der Waals surface area contributed by atoms with Gasteiger partial charge in [-0.15, -0.1) is 16.4 Å². The van der Waals surface area contributed by atoms with Gasteiger partial charge in [-0.3, -0.25) is 10.1 Å². The molecule has 3 aromatic rings. The van der Waals surface area contributed by atoms with Gasteiger partial charge in [0.05, 0.1) is 10.7 Å². The Labute approximate surface area is 140 Å². The first kappa shape index (κ1) is 16.1. The number of rotatable bonds is 5. The van der Waals surface area contributed by atoms with Gasteiger partial charge < -0.3 is 9.15 Å². The number of amides is 1. The summed E-state index contributed by atoms with van der Waals surface area (Å²) in [6.07, 6.45) is 0. The molecule has 0 spiro atoms. The second-order valence-electron chi connectivity index (χ2n) is 4.83. The number of thiazole rings is 1. The monoisotopic (exact) mass is 348 g/mol. The number of nitrogens with zero attached hydrogens (tertiary/aromatic N) is 3. The summed E-state index contributed by atoms with van der Waals surface area (Å²) in [5.41, 5.74) is 0.780. The highest BCUT2D eigenvalue weighted by Crippen LogP contribution is 2.29. The van der Waals surface area contributed by atoms with Crippen LogP contribution in [0.4, 0.5) is 10.4 Å². The zero-order valence-electron chi connectivity index (χ0n) is 12.9. The largest absolute Gasteiger partial charge is 0.481 e. The van der Waals surface area contributed by atoms with Crippen LogP contribution < -0.4 is 10.1 Å². The summed E-state index contributed by atoms with van der Waals surface area (Å²) in [6.45, 7) is 3.33. The molecule has 0 fully saturated rings. The Morgan fingerprint density at radius 1 is 1.33 bits per heavy atom. The number of anilines is 1. The molecular weight excluding hydrogens is 335 g/mol. The van der Waals surface area contributed by atoms with Gasteiger partial charge in [0.25, 0.3) is 11.8 Å². The third-order valence-corrected chi connectivity index (χ3v) is 4.03. The van der Waals surface area contributed by atoms with E-state index in [9.17, 15) is 9.18 Å².